The number of nitrogens with zero attached hydrogens (tertiary/aromatic N) is 2. The fraction of sp³-hybridized carbons (Fsp3) is 0.0588. The van der Waals surface area contributed by atoms with Gasteiger partial charge in [0.2, 0.25) is 0 Å². The van der Waals surface area contributed by atoms with Crippen LogP contribution in [0.1, 0.15) is 27.8 Å². The summed E-state index contributed by atoms with van der Waals surface area (Å²) in [5, 5.41) is 2.71. The van der Waals surface area contributed by atoms with Crippen LogP contribution in [-0.4, -0.2) is 21.7 Å². The average molecular weight is 291 g/mol. The minimum absolute atomic E-state index is 0.111. The number of carbonyl (C=O) groups excluding carboxylic acids is 2. The number of Topliss-reactive ketones (excluding diaryl/α,β-unsaturated/α-hetero) is 1. The predicted molar refractivity (Wildman–Crippen MR) is 83.9 cm³/mol. The number of nitrogens with one attached hydrogen (secondary N) is 1. The number of fused-ring (bicyclic) bond motifs is 1. The Balaban J connectivity index is 1.92. The molecule has 0 aliphatic heterocycles. The van der Waals surface area contributed by atoms with Gasteiger partial charge in [0.25, 0.3) is 5.91 Å². The molecule has 22 heavy (non-hydrogen) atoms. The van der Waals surface area contributed by atoms with Crippen LogP contribution in [0.4, 0.5) is 5.69 Å². The molecule has 0 fully saturated rings. The van der Waals surface area contributed by atoms with Crippen LogP contribution in [0.5, 0.6) is 0 Å². The molecule has 2 aromatic carbocycles. The Morgan fingerprint density at radius 1 is 0.955 bits per heavy atom. The molecule has 0 saturated heterocycles. The van der Waals surface area contributed by atoms with Crippen LogP contribution in [0.25, 0.3) is 11.0 Å². The van der Waals surface area contributed by atoms with Crippen molar-refractivity contribution in [2.24, 2.45) is 0 Å². The molecule has 0 atom stereocenters. The molecular formula is C17H13N3O2. The molecular weight excluding hydrogens is 278 g/mol. The lowest BCUT2D eigenvalue weighted by molar-refractivity contribution is 0.101. The maximum atomic E-state index is 12.3. The highest BCUT2D eigenvalue weighted by atomic mass is 16.2. The lowest BCUT2D eigenvalue weighted by atomic mass is 10.1. The molecule has 0 saturated carbocycles. The van der Waals surface area contributed by atoms with Crippen molar-refractivity contribution in [2.45, 2.75) is 6.92 Å². The molecule has 1 heterocycles. The van der Waals surface area contributed by atoms with Gasteiger partial charge >= 0.3 is 0 Å². The zero-order valence-corrected chi connectivity index (χ0v) is 11.9. The van der Waals surface area contributed by atoms with Crippen molar-refractivity contribution in [3.8, 4) is 0 Å². The van der Waals surface area contributed by atoms with E-state index in [1.807, 2.05) is 18.2 Å². The van der Waals surface area contributed by atoms with E-state index in [0.29, 0.717) is 16.8 Å². The second-order valence-electron chi connectivity index (χ2n) is 4.80. The topological polar surface area (TPSA) is 72.0 Å². The molecule has 3 aromatic rings. The summed E-state index contributed by atoms with van der Waals surface area (Å²) in [6, 6.07) is 14.2. The SMILES string of the molecule is CC(=O)c1ccccc1NC(=O)c1cnc2ccccc2n1. The number of ketones is 1. The Morgan fingerprint density at radius 3 is 2.41 bits per heavy atom. The Hall–Kier alpha value is -3.08. The number of benzene rings is 2. The summed E-state index contributed by atoms with van der Waals surface area (Å²) < 4.78 is 0. The van der Waals surface area contributed by atoms with E-state index in [2.05, 4.69) is 15.3 Å². The molecule has 0 bridgehead atoms. The minimum Gasteiger partial charge on any atom is -0.320 e. The summed E-state index contributed by atoms with van der Waals surface area (Å²) >= 11 is 0. The van der Waals surface area contributed by atoms with Gasteiger partial charge in [0.05, 0.1) is 22.9 Å². The Bertz CT molecular complexity index is 874. The zero-order chi connectivity index (χ0) is 15.5. The van der Waals surface area contributed by atoms with Gasteiger partial charge in [-0.1, -0.05) is 24.3 Å². The van der Waals surface area contributed by atoms with Crippen molar-refractivity contribution in [1.82, 2.24) is 9.97 Å². The maximum Gasteiger partial charge on any atom is 0.275 e. The van der Waals surface area contributed by atoms with Crippen LogP contribution in [0.2, 0.25) is 0 Å². The van der Waals surface area contributed by atoms with Crippen molar-refractivity contribution in [3.05, 3.63) is 66.0 Å². The third-order valence-electron chi connectivity index (χ3n) is 3.24. The predicted octanol–water partition coefficient (Wildman–Crippen LogP) is 3.08. The Kier molecular flexibility index (Phi) is 3.62. The molecule has 0 unspecified atom stereocenters. The molecule has 1 aromatic heterocycles. The largest absolute Gasteiger partial charge is 0.320 e. The molecule has 1 N–H and O–H groups in total. The summed E-state index contributed by atoms with van der Waals surface area (Å²) in [7, 11) is 0. The van der Waals surface area contributed by atoms with Gasteiger partial charge < -0.3 is 5.32 Å². The summed E-state index contributed by atoms with van der Waals surface area (Å²) in [4.78, 5) is 32.4. The van der Waals surface area contributed by atoms with Crippen LogP contribution < -0.4 is 5.32 Å². The Morgan fingerprint density at radius 2 is 1.64 bits per heavy atom. The molecule has 3 rings (SSSR count). The smallest absolute Gasteiger partial charge is 0.275 e. The molecule has 108 valence electrons. The van der Waals surface area contributed by atoms with Gasteiger partial charge in [-0.15, -0.1) is 0 Å². The number of carbonyl (C=O) groups is 2. The number of para-hydroxylation sites is 3. The van der Waals surface area contributed by atoms with E-state index in [-0.39, 0.29) is 11.5 Å². The first-order chi connectivity index (χ1) is 10.6. The van der Waals surface area contributed by atoms with Gasteiger partial charge in [0.1, 0.15) is 5.69 Å². The lowest BCUT2D eigenvalue weighted by Gasteiger charge is -2.08. The summed E-state index contributed by atoms with van der Waals surface area (Å²) in [6.45, 7) is 1.46. The average Bonchev–Trinajstić information content (AvgIpc) is 2.54. The number of hydrogen-bond donors (Lipinski definition) is 1. The highest BCUT2D eigenvalue weighted by Crippen LogP contribution is 2.17. The maximum absolute atomic E-state index is 12.3. The zero-order valence-electron chi connectivity index (χ0n) is 11.9. The number of anilines is 1. The first-order valence-electron chi connectivity index (χ1n) is 6.78. The first kappa shape index (κ1) is 13.9. The van der Waals surface area contributed by atoms with Gasteiger partial charge in [-0.05, 0) is 31.2 Å². The summed E-state index contributed by atoms with van der Waals surface area (Å²) in [5.74, 6) is -0.507. The fourth-order valence-electron chi connectivity index (χ4n) is 2.15. The van der Waals surface area contributed by atoms with Crippen molar-refractivity contribution >= 4 is 28.4 Å². The molecule has 0 radical (unpaired) electrons. The van der Waals surface area contributed by atoms with E-state index in [1.54, 1.807) is 30.3 Å². The van der Waals surface area contributed by atoms with E-state index < -0.39 is 5.91 Å². The quantitative estimate of drug-likeness (QED) is 0.753. The van der Waals surface area contributed by atoms with E-state index in [0.717, 1.165) is 5.52 Å². The second kappa shape index (κ2) is 5.73. The van der Waals surface area contributed by atoms with Crippen molar-refractivity contribution in [3.63, 3.8) is 0 Å². The van der Waals surface area contributed by atoms with Gasteiger partial charge in [-0.2, -0.15) is 0 Å². The third kappa shape index (κ3) is 2.69. The third-order valence-corrected chi connectivity index (χ3v) is 3.24. The molecule has 5 heteroatoms. The van der Waals surface area contributed by atoms with Gasteiger partial charge in [-0.25, -0.2) is 4.98 Å². The van der Waals surface area contributed by atoms with Gasteiger partial charge in [-0.3, -0.25) is 14.6 Å². The van der Waals surface area contributed by atoms with Crippen LogP contribution in [0.15, 0.2) is 54.7 Å². The van der Waals surface area contributed by atoms with Crippen LogP contribution in [-0.2, 0) is 0 Å². The van der Waals surface area contributed by atoms with E-state index in [4.69, 9.17) is 0 Å². The van der Waals surface area contributed by atoms with Crippen LogP contribution in [0.3, 0.4) is 0 Å². The monoisotopic (exact) mass is 291 g/mol. The molecule has 0 aliphatic rings. The van der Waals surface area contributed by atoms with E-state index in [9.17, 15) is 9.59 Å². The lowest BCUT2D eigenvalue weighted by Crippen LogP contribution is -2.16. The fourth-order valence-corrected chi connectivity index (χ4v) is 2.15. The molecule has 5 nitrogen and oxygen atoms in total. The van der Waals surface area contributed by atoms with Crippen molar-refractivity contribution < 1.29 is 9.59 Å². The number of rotatable bonds is 3. The molecule has 0 spiro atoms. The van der Waals surface area contributed by atoms with Crippen molar-refractivity contribution in [1.29, 1.82) is 0 Å². The van der Waals surface area contributed by atoms with Crippen molar-refractivity contribution in [2.75, 3.05) is 5.32 Å². The Labute approximate surface area is 127 Å². The normalized spacial score (nSPS) is 10.4. The summed E-state index contributed by atoms with van der Waals surface area (Å²) in [5.41, 5.74) is 2.51. The number of amides is 1. The first-order valence-corrected chi connectivity index (χ1v) is 6.78. The molecule has 1 amide bonds. The molecule has 0 aliphatic carbocycles. The van der Waals surface area contributed by atoms with Gasteiger partial charge in [0, 0.05) is 5.56 Å². The van der Waals surface area contributed by atoms with Gasteiger partial charge in [0.15, 0.2) is 5.78 Å². The van der Waals surface area contributed by atoms with E-state index in [1.165, 1.54) is 13.1 Å². The highest BCUT2D eigenvalue weighted by Gasteiger charge is 2.13. The standard InChI is InChI=1S/C17H13N3O2/c1-11(21)12-6-2-3-7-13(12)20-17(22)16-10-18-14-8-4-5-9-15(14)19-16/h2-10H,1H3,(H,20,22). The highest BCUT2D eigenvalue weighted by molar-refractivity contribution is 6.08. The minimum atomic E-state index is -0.396. The van der Waals surface area contributed by atoms with Crippen LogP contribution in [0, 0.1) is 0 Å². The number of hydrogen-bond acceptors (Lipinski definition) is 4. The second-order valence-corrected chi connectivity index (χ2v) is 4.80. The summed E-state index contributed by atoms with van der Waals surface area (Å²) in [6.07, 6.45) is 1.42. The number of aromatic nitrogens is 2. The van der Waals surface area contributed by atoms with E-state index >= 15 is 0 Å². The van der Waals surface area contributed by atoms with Crippen LogP contribution >= 0.6 is 0 Å².